The van der Waals surface area contributed by atoms with Crippen molar-refractivity contribution >= 4 is 11.9 Å². The van der Waals surface area contributed by atoms with Gasteiger partial charge in [-0.2, -0.15) is 0 Å². The van der Waals surface area contributed by atoms with E-state index in [1.165, 1.54) is 32.6 Å². The Hall–Kier alpha value is -1.22. The first kappa shape index (κ1) is 30.4. The number of aliphatic hydroxyl groups excluding tert-OH is 1. The van der Waals surface area contributed by atoms with Gasteiger partial charge in [-0.05, 0) is 105 Å². The first-order valence-corrected chi connectivity index (χ1v) is 17.2. The second-order valence-corrected chi connectivity index (χ2v) is 17.5. The summed E-state index contributed by atoms with van der Waals surface area (Å²) in [6, 6.07) is 0. The van der Waals surface area contributed by atoms with Crippen molar-refractivity contribution in [1.29, 1.82) is 0 Å². The predicted molar refractivity (Wildman–Crippen MR) is 163 cm³/mol. The van der Waals surface area contributed by atoms with Gasteiger partial charge < -0.3 is 24.4 Å². The number of esters is 1. The molecule has 0 aromatic carbocycles. The van der Waals surface area contributed by atoms with Gasteiger partial charge in [0.25, 0.3) is 0 Å². The Balaban J connectivity index is 1.18. The first-order chi connectivity index (χ1) is 20.0. The zero-order valence-electron chi connectivity index (χ0n) is 27.7. The van der Waals surface area contributed by atoms with E-state index >= 15 is 0 Å². The molecule has 0 aromatic rings. The topological polar surface area (TPSA) is 110 Å². The van der Waals surface area contributed by atoms with Crippen molar-refractivity contribution in [2.75, 3.05) is 13.2 Å². The van der Waals surface area contributed by atoms with Crippen LogP contribution in [-0.2, 0) is 19.0 Å². The monoisotopic (exact) mass is 600 g/mol. The molecule has 2 spiro atoms. The third-order valence-electron chi connectivity index (χ3n) is 15.0. The van der Waals surface area contributed by atoms with Crippen LogP contribution in [0, 0.1) is 50.7 Å². The summed E-state index contributed by atoms with van der Waals surface area (Å²) >= 11 is 0. The molecule has 2 heterocycles. The van der Waals surface area contributed by atoms with Gasteiger partial charge in [0.2, 0.25) is 0 Å². The highest BCUT2D eigenvalue weighted by molar-refractivity contribution is 5.79. The normalized spacial score (nSPS) is 52.0. The summed E-state index contributed by atoms with van der Waals surface area (Å²) in [5, 5.41) is 26.7. The van der Waals surface area contributed by atoms with Crippen molar-refractivity contribution in [3.8, 4) is 0 Å². The zero-order chi connectivity index (χ0) is 31.0. The average molecular weight is 601 g/mol. The SMILES string of the molecule is CC(=O)O[C@@H]([C@H]1C[C@@H](C)C2[C@H](O1)[C@H](O)[C@@]1(C)[C@@H]3CC[C@H]4C(C)(C)[C@@H](OC5=NCNC5)CCC45C[C@@]35CC[C@]21C)C(C)(C)O. The summed E-state index contributed by atoms with van der Waals surface area (Å²) in [6.07, 6.45) is 7.03. The zero-order valence-corrected chi connectivity index (χ0v) is 27.7. The van der Waals surface area contributed by atoms with Crippen LogP contribution in [-0.4, -0.2) is 71.4 Å². The fraction of sp³-hybridized carbons (Fsp3) is 0.943. The Morgan fingerprint density at radius 3 is 2.44 bits per heavy atom. The standard InChI is InChI=1S/C35H56N2O6/c1-19-15-21(29(31(5,6)40)41-20(2)38)42-27-26(19)32(7)13-14-35-17-34(35)12-11-24(43-25-16-36-18-37-25)30(3,4)22(34)9-10-23(35)33(32,8)28(27)39/h19,21-24,26-29,36,39-40H,9-18H2,1-8H3/t19-,21-,22+,23+,24+,26?,27+,28+,29+,32-,33-,34?,35+/m1/s1. The van der Waals surface area contributed by atoms with Gasteiger partial charge in [0.15, 0.2) is 12.0 Å². The van der Waals surface area contributed by atoms with Crippen LogP contribution in [0.25, 0.3) is 0 Å². The van der Waals surface area contributed by atoms with Crippen LogP contribution >= 0.6 is 0 Å². The van der Waals surface area contributed by atoms with Crippen LogP contribution in [0.2, 0.25) is 0 Å². The van der Waals surface area contributed by atoms with Crippen molar-refractivity contribution in [3.63, 3.8) is 0 Å². The minimum absolute atomic E-state index is 0.0386. The van der Waals surface area contributed by atoms with E-state index in [0.717, 1.165) is 31.7 Å². The van der Waals surface area contributed by atoms with Crippen molar-refractivity contribution < 1.29 is 29.2 Å². The van der Waals surface area contributed by atoms with Gasteiger partial charge >= 0.3 is 5.97 Å². The maximum atomic E-state index is 12.5. The molecule has 7 aliphatic rings. The van der Waals surface area contributed by atoms with Gasteiger partial charge in [0, 0.05) is 17.8 Å². The molecule has 0 aromatic heterocycles. The molecule has 2 unspecified atom stereocenters. The third kappa shape index (κ3) is 3.88. The lowest BCUT2D eigenvalue weighted by molar-refractivity contribution is -0.216. The number of ether oxygens (including phenoxy) is 3. The number of rotatable bonds is 4. The minimum Gasteiger partial charge on any atom is -0.476 e. The summed E-state index contributed by atoms with van der Waals surface area (Å²) < 4.78 is 19.1. The Morgan fingerprint density at radius 2 is 1.79 bits per heavy atom. The van der Waals surface area contributed by atoms with Gasteiger partial charge in [-0.1, -0.05) is 34.6 Å². The number of hydrogen-bond acceptors (Lipinski definition) is 8. The molecule has 0 bridgehead atoms. The fourth-order valence-electron chi connectivity index (χ4n) is 13.2. The molecule has 8 heteroatoms. The highest BCUT2D eigenvalue weighted by atomic mass is 16.6. The molecule has 242 valence electrons. The second-order valence-electron chi connectivity index (χ2n) is 17.5. The molecule has 7 rings (SSSR count). The Labute approximate surface area is 258 Å². The van der Waals surface area contributed by atoms with Gasteiger partial charge in [0.05, 0.1) is 37.1 Å². The maximum absolute atomic E-state index is 12.5. The summed E-state index contributed by atoms with van der Waals surface area (Å²) in [7, 11) is 0. The lowest BCUT2D eigenvalue weighted by Crippen LogP contribution is -2.60. The number of fused-ring (bicyclic) bond motifs is 4. The number of nitrogens with zero attached hydrogens (tertiary/aromatic N) is 1. The van der Waals surface area contributed by atoms with Crippen molar-refractivity contribution in [1.82, 2.24) is 5.32 Å². The molecule has 1 saturated heterocycles. The van der Waals surface area contributed by atoms with E-state index in [1.807, 2.05) is 0 Å². The molecule has 43 heavy (non-hydrogen) atoms. The maximum Gasteiger partial charge on any atom is 0.303 e. The molecule has 13 atom stereocenters. The Bertz CT molecular complexity index is 1200. The molecule has 6 fully saturated rings. The van der Waals surface area contributed by atoms with E-state index in [9.17, 15) is 15.0 Å². The quantitative estimate of drug-likeness (QED) is 0.396. The molecule has 8 nitrogen and oxygen atoms in total. The summed E-state index contributed by atoms with van der Waals surface area (Å²) in [5.41, 5.74) is -0.845. The van der Waals surface area contributed by atoms with Crippen LogP contribution in [0.1, 0.15) is 107 Å². The highest BCUT2D eigenvalue weighted by Gasteiger charge is 2.84. The largest absolute Gasteiger partial charge is 0.476 e. The van der Waals surface area contributed by atoms with E-state index in [1.54, 1.807) is 13.8 Å². The lowest BCUT2D eigenvalue weighted by Gasteiger charge is -2.63. The molecule has 2 aliphatic heterocycles. The summed E-state index contributed by atoms with van der Waals surface area (Å²) in [6.45, 7) is 18.2. The molecular formula is C35H56N2O6. The van der Waals surface area contributed by atoms with E-state index in [0.29, 0.717) is 30.3 Å². The number of aliphatic imine (C=N–C) groups is 1. The van der Waals surface area contributed by atoms with Crippen molar-refractivity contribution in [2.24, 2.45) is 55.7 Å². The van der Waals surface area contributed by atoms with Crippen molar-refractivity contribution in [2.45, 2.75) is 143 Å². The number of carbonyl (C=O) groups excluding carboxylic acids is 1. The predicted octanol–water partition coefficient (Wildman–Crippen LogP) is 4.85. The average Bonchev–Trinajstić information content (AvgIpc) is 3.19. The van der Waals surface area contributed by atoms with Gasteiger partial charge in [-0.3, -0.25) is 10.1 Å². The van der Waals surface area contributed by atoms with Crippen LogP contribution in [0.5, 0.6) is 0 Å². The fourth-order valence-corrected chi connectivity index (χ4v) is 13.2. The number of aliphatic hydroxyl groups is 2. The molecule has 0 radical (unpaired) electrons. The molecule has 5 aliphatic carbocycles. The van der Waals surface area contributed by atoms with Gasteiger partial charge in [0.1, 0.15) is 6.10 Å². The van der Waals surface area contributed by atoms with E-state index in [2.05, 4.69) is 44.9 Å². The van der Waals surface area contributed by atoms with Gasteiger partial charge in [-0.15, -0.1) is 0 Å². The van der Waals surface area contributed by atoms with E-state index in [4.69, 9.17) is 14.2 Å². The summed E-state index contributed by atoms with van der Waals surface area (Å²) in [5.74, 6) is 2.05. The molecular weight excluding hydrogens is 544 g/mol. The lowest BCUT2D eigenvalue weighted by atomic mass is 9.41. The molecule has 3 N–H and O–H groups in total. The van der Waals surface area contributed by atoms with Gasteiger partial charge in [-0.25, -0.2) is 4.99 Å². The van der Waals surface area contributed by atoms with Crippen molar-refractivity contribution in [3.05, 3.63) is 0 Å². The Kier molecular flexibility index (Phi) is 6.67. The molecule has 5 saturated carbocycles. The Morgan fingerprint density at radius 1 is 1.09 bits per heavy atom. The van der Waals surface area contributed by atoms with Crippen LogP contribution in [0.4, 0.5) is 0 Å². The minimum atomic E-state index is -1.24. The van der Waals surface area contributed by atoms with Crippen LogP contribution in [0.3, 0.4) is 0 Å². The molecule has 0 amide bonds. The first-order valence-electron chi connectivity index (χ1n) is 17.2. The number of nitrogens with one attached hydrogen (secondary N) is 1. The van der Waals surface area contributed by atoms with Crippen LogP contribution < -0.4 is 5.32 Å². The third-order valence-corrected chi connectivity index (χ3v) is 15.0. The van der Waals surface area contributed by atoms with E-state index < -0.39 is 29.9 Å². The summed E-state index contributed by atoms with van der Waals surface area (Å²) in [4.78, 5) is 16.6. The number of carbonyl (C=O) groups is 1. The van der Waals surface area contributed by atoms with Crippen LogP contribution in [0.15, 0.2) is 4.99 Å². The second kappa shape index (κ2) is 9.42. The van der Waals surface area contributed by atoms with E-state index in [-0.39, 0.29) is 45.7 Å². The number of hydrogen-bond donors (Lipinski definition) is 3. The highest BCUT2D eigenvalue weighted by Crippen LogP contribution is 2.89. The smallest absolute Gasteiger partial charge is 0.303 e.